The van der Waals surface area contributed by atoms with E-state index in [1.165, 1.54) is 47.9 Å². The third kappa shape index (κ3) is 11.0. The molecule has 2 aromatic carbocycles. The fourth-order valence-corrected chi connectivity index (χ4v) is 15.3. The number of benzene rings is 2. The number of likely N-dealkylation sites (tertiary alicyclic amines) is 2. The van der Waals surface area contributed by atoms with Gasteiger partial charge in [0.1, 0.15) is 23.0 Å². The molecule has 7 fully saturated rings. The molecule has 5 aliphatic heterocycles. The van der Waals surface area contributed by atoms with Gasteiger partial charge in [0, 0.05) is 69.9 Å². The van der Waals surface area contributed by atoms with E-state index in [0.717, 1.165) is 19.5 Å². The zero-order chi connectivity index (χ0) is 54.6. The maximum absolute atomic E-state index is 13.5. The second kappa shape index (κ2) is 21.3. The van der Waals surface area contributed by atoms with E-state index < -0.39 is 44.1 Å². The maximum atomic E-state index is 13.5. The van der Waals surface area contributed by atoms with Crippen LogP contribution in [0, 0.1) is 33.8 Å². The first-order chi connectivity index (χ1) is 36.7. The van der Waals surface area contributed by atoms with Crippen LogP contribution in [0.15, 0.2) is 49.1 Å². The highest BCUT2D eigenvalue weighted by molar-refractivity contribution is 7.91. The first-order valence-corrected chi connectivity index (χ1v) is 28.9. The van der Waals surface area contributed by atoms with Crippen molar-refractivity contribution >= 4 is 79.9 Å². The molecule has 2 aromatic heterocycles. The van der Waals surface area contributed by atoms with Gasteiger partial charge in [-0.15, -0.1) is 0 Å². The van der Waals surface area contributed by atoms with Crippen LogP contribution in [0.25, 0.3) is 0 Å². The predicted molar refractivity (Wildman–Crippen MR) is 282 cm³/mol. The Morgan fingerprint density at radius 2 is 1.13 bits per heavy atom. The van der Waals surface area contributed by atoms with Gasteiger partial charge in [0.05, 0.1) is 56.4 Å². The van der Waals surface area contributed by atoms with E-state index in [-0.39, 0.29) is 104 Å². The molecule has 1 atom stereocenters. The topological polar surface area (TPSA) is 234 Å². The van der Waals surface area contributed by atoms with Crippen LogP contribution in [0.3, 0.4) is 0 Å². The number of H-pyrrole nitrogens is 2. The number of halogens is 4. The molecule has 7 heterocycles. The fraction of sp³-hybridized carbons (Fsp3) is 0.547. The van der Waals surface area contributed by atoms with Crippen LogP contribution in [0.2, 0.25) is 10.0 Å². The Labute approximate surface area is 455 Å². The normalized spacial score (nSPS) is 26.9. The summed E-state index contributed by atoms with van der Waals surface area (Å²) in [4.78, 5) is 102. The lowest BCUT2D eigenvalue weighted by Crippen LogP contribution is -2.55. The summed E-state index contributed by atoms with van der Waals surface area (Å²) < 4.78 is 51.2. The Balaban J connectivity index is 0.000000175. The molecule has 2 saturated carbocycles. The summed E-state index contributed by atoms with van der Waals surface area (Å²) in [6, 6.07) is 7.80. The van der Waals surface area contributed by atoms with E-state index in [4.69, 9.17) is 23.2 Å². The molecule has 412 valence electrons. The molecule has 19 nitrogen and oxygen atoms in total. The van der Waals surface area contributed by atoms with Crippen molar-refractivity contribution in [2.75, 3.05) is 80.7 Å². The van der Waals surface area contributed by atoms with Gasteiger partial charge in [-0.1, -0.05) is 30.1 Å². The fourth-order valence-electron chi connectivity index (χ4n) is 13.1. The summed E-state index contributed by atoms with van der Waals surface area (Å²) in [6.07, 6.45) is 9.92. The number of hydrogen-bond donors (Lipinski definition) is 4. The highest BCUT2D eigenvalue weighted by Gasteiger charge is 2.52. The molecular weight excluding hydrogens is 1060 g/mol. The number of nitrogens with zero attached hydrogens (tertiary/aromatic N) is 7. The lowest BCUT2D eigenvalue weighted by molar-refractivity contribution is -0.128. The quantitative estimate of drug-likeness (QED) is 0.163. The van der Waals surface area contributed by atoms with Gasteiger partial charge in [-0.05, 0) is 120 Å². The lowest BCUT2D eigenvalue weighted by atomic mass is 9.71. The molecule has 3 spiro atoms. The molecule has 4 aromatic rings. The van der Waals surface area contributed by atoms with Crippen LogP contribution in [0.1, 0.15) is 120 Å². The number of carbonyl (C=O) groups excluding carboxylic acids is 6. The zero-order valence-corrected chi connectivity index (χ0v) is 45.3. The summed E-state index contributed by atoms with van der Waals surface area (Å²) in [5.74, 6) is -2.74. The Bertz CT molecular complexity index is 3100. The molecule has 5 saturated heterocycles. The molecule has 0 radical (unpaired) electrons. The van der Waals surface area contributed by atoms with Gasteiger partial charge in [0.2, 0.25) is 11.8 Å². The van der Waals surface area contributed by atoms with Crippen molar-refractivity contribution in [3.05, 3.63) is 93.5 Å². The number of aromatic amines is 2. The van der Waals surface area contributed by atoms with Crippen LogP contribution in [0.5, 0.6) is 0 Å². The van der Waals surface area contributed by atoms with Crippen molar-refractivity contribution in [1.82, 2.24) is 45.3 Å². The van der Waals surface area contributed by atoms with E-state index in [1.807, 2.05) is 4.90 Å². The summed E-state index contributed by atoms with van der Waals surface area (Å²) >= 11 is 12.4. The summed E-state index contributed by atoms with van der Waals surface area (Å²) in [6.45, 7) is 6.52. The molecule has 24 heteroatoms. The first-order valence-electron chi connectivity index (χ1n) is 26.4. The van der Waals surface area contributed by atoms with E-state index in [2.05, 4.69) is 42.5 Å². The minimum Gasteiger partial charge on any atom is -0.348 e. The SMILES string of the molecule is CC1CN(C(=O)c2[nH]cnc2C(=O)NC2CCC3(CC2)CCN(c2ccc(F)cc2Cl)C3=O)CCS(=O)(=O)C1.CN1CC2(CCN(C(=O)c3[nH]cnc3C(=O)NC3CCC4(CC3)CCN(c3ccc(F)cc3Cl)C4=O)C2)C1. The smallest absolute Gasteiger partial charge is 0.272 e. The molecule has 2 aliphatic carbocycles. The monoisotopic (exact) mass is 1120 g/mol. The second-order valence-electron chi connectivity index (χ2n) is 22.5. The van der Waals surface area contributed by atoms with Crippen molar-refractivity contribution in [1.29, 1.82) is 0 Å². The largest absolute Gasteiger partial charge is 0.348 e. The number of nitrogens with one attached hydrogen (secondary N) is 4. The Hall–Kier alpha value is -5.97. The van der Waals surface area contributed by atoms with E-state index in [1.54, 1.807) is 22.8 Å². The van der Waals surface area contributed by atoms with Gasteiger partial charge in [-0.25, -0.2) is 27.2 Å². The van der Waals surface area contributed by atoms with Crippen LogP contribution >= 0.6 is 23.2 Å². The molecule has 1 unspecified atom stereocenters. The molecular formula is C53H63Cl2F2N11O8S. The van der Waals surface area contributed by atoms with Gasteiger partial charge in [-0.3, -0.25) is 28.8 Å². The molecule has 7 aliphatic rings. The van der Waals surface area contributed by atoms with Gasteiger partial charge in [0.25, 0.3) is 23.6 Å². The van der Waals surface area contributed by atoms with Crippen molar-refractivity contribution in [2.45, 2.75) is 89.6 Å². The predicted octanol–water partition coefficient (Wildman–Crippen LogP) is 5.88. The highest BCUT2D eigenvalue weighted by Crippen LogP contribution is 2.49. The third-order valence-corrected chi connectivity index (χ3v) is 19.6. The summed E-state index contributed by atoms with van der Waals surface area (Å²) in [5, 5.41) is 6.42. The number of rotatable bonds is 8. The molecule has 0 bridgehead atoms. The first kappa shape index (κ1) is 54.4. The molecule has 77 heavy (non-hydrogen) atoms. The van der Waals surface area contributed by atoms with Crippen molar-refractivity contribution < 1.29 is 46.0 Å². The average molecular weight is 1120 g/mol. The Morgan fingerprint density at radius 1 is 0.662 bits per heavy atom. The van der Waals surface area contributed by atoms with Crippen molar-refractivity contribution in [2.24, 2.45) is 22.2 Å². The van der Waals surface area contributed by atoms with Crippen LogP contribution < -0.4 is 20.4 Å². The van der Waals surface area contributed by atoms with Crippen LogP contribution in [0.4, 0.5) is 20.2 Å². The number of sulfone groups is 1. The van der Waals surface area contributed by atoms with E-state index >= 15 is 0 Å². The summed E-state index contributed by atoms with van der Waals surface area (Å²) in [5.41, 5.74) is 0.535. The minimum atomic E-state index is -3.23. The van der Waals surface area contributed by atoms with Crippen LogP contribution in [-0.4, -0.2) is 161 Å². The highest BCUT2D eigenvalue weighted by atomic mass is 35.5. The lowest BCUT2D eigenvalue weighted by Gasteiger charge is -2.46. The van der Waals surface area contributed by atoms with E-state index in [9.17, 15) is 46.0 Å². The number of hydrogen-bond acceptors (Lipinski definition) is 11. The van der Waals surface area contributed by atoms with Crippen molar-refractivity contribution in [3.8, 4) is 0 Å². The molecule has 6 amide bonds. The Morgan fingerprint density at radius 3 is 1.58 bits per heavy atom. The van der Waals surface area contributed by atoms with E-state index in [0.29, 0.717) is 102 Å². The van der Waals surface area contributed by atoms with Gasteiger partial charge in [-0.2, -0.15) is 0 Å². The zero-order valence-electron chi connectivity index (χ0n) is 43.0. The standard InChI is InChI=1S/C27H32ClFN6O3.C26H31ClFN5O5S/c1-33-13-26(14-33)8-10-34(15-26)24(37)22-21(30-16-31-22)23(36)32-18-4-6-27(7-5-18)9-11-35(25(27)38)20-3-2-17(29)12-19(20)28;1-16-13-32(10-11-39(37,38)14-16)24(35)22-21(29-15-30-22)23(34)31-18-4-6-26(7-5-18)8-9-33(25(26)36)20-3-2-17(28)12-19(20)27/h2-3,12,16,18H,4-11,13-15H2,1H3,(H,30,31)(H,32,36);2-3,12,15-16,18H,4-11,13-14H2,1H3,(H,29,30)(H,31,34). The number of amides is 6. The number of anilines is 2. The van der Waals surface area contributed by atoms with Gasteiger partial charge in [0.15, 0.2) is 21.2 Å². The maximum Gasteiger partial charge on any atom is 0.272 e. The number of carbonyl (C=O) groups is 6. The van der Waals surface area contributed by atoms with Crippen LogP contribution in [-0.2, 0) is 19.4 Å². The molecule has 4 N–H and O–H groups in total. The van der Waals surface area contributed by atoms with Gasteiger partial charge < -0.3 is 45.1 Å². The average Bonchev–Trinajstić information content (AvgIpc) is 4.27. The number of aromatic nitrogens is 4. The van der Waals surface area contributed by atoms with Crippen molar-refractivity contribution in [3.63, 3.8) is 0 Å². The second-order valence-corrected chi connectivity index (χ2v) is 25.6. The summed E-state index contributed by atoms with van der Waals surface area (Å²) in [7, 11) is -1.15. The third-order valence-electron chi connectivity index (χ3n) is 17.1. The van der Waals surface area contributed by atoms with Gasteiger partial charge >= 0.3 is 0 Å². The minimum absolute atomic E-state index is 0.0111. The Kier molecular flexibility index (Phi) is 15.1. The number of imidazole rings is 2. The molecule has 11 rings (SSSR count).